The smallest absolute Gasteiger partial charge is 0.240 e. The Balaban J connectivity index is 1.62. The lowest BCUT2D eigenvalue weighted by Crippen LogP contribution is -2.29. The summed E-state index contributed by atoms with van der Waals surface area (Å²) in [5, 5.41) is 0. The van der Waals surface area contributed by atoms with E-state index in [4.69, 9.17) is 4.74 Å². The topological polar surface area (TPSA) is 75.7 Å². The largest absolute Gasteiger partial charge is 0.492 e. The van der Waals surface area contributed by atoms with Crippen LogP contribution in [-0.4, -0.2) is 34.0 Å². The molecule has 0 aromatic heterocycles. The molecule has 1 saturated heterocycles. The van der Waals surface area contributed by atoms with Crippen LogP contribution >= 0.6 is 0 Å². The zero-order valence-corrected chi connectivity index (χ0v) is 16.4. The highest BCUT2D eigenvalue weighted by atomic mass is 32.2. The first-order valence-corrected chi connectivity index (χ1v) is 10.5. The summed E-state index contributed by atoms with van der Waals surface area (Å²) in [6.45, 7) is 4.85. The highest BCUT2D eigenvalue weighted by molar-refractivity contribution is 7.89. The first kappa shape index (κ1) is 19.4. The van der Waals surface area contributed by atoms with Gasteiger partial charge in [-0.2, -0.15) is 0 Å². The summed E-state index contributed by atoms with van der Waals surface area (Å²) in [6.07, 6.45) is 1.38. The third kappa shape index (κ3) is 4.48. The van der Waals surface area contributed by atoms with Crippen LogP contribution in [0.3, 0.4) is 0 Å². The van der Waals surface area contributed by atoms with Gasteiger partial charge in [0.05, 0.1) is 4.90 Å². The van der Waals surface area contributed by atoms with Crippen molar-refractivity contribution in [2.24, 2.45) is 0 Å². The van der Waals surface area contributed by atoms with Crippen molar-refractivity contribution in [3.63, 3.8) is 0 Å². The van der Waals surface area contributed by atoms with Crippen molar-refractivity contribution in [2.75, 3.05) is 24.6 Å². The number of nitrogens with one attached hydrogen (secondary N) is 1. The number of hydrogen-bond acceptors (Lipinski definition) is 4. The predicted octanol–water partition coefficient (Wildman–Crippen LogP) is 2.79. The van der Waals surface area contributed by atoms with E-state index in [0.29, 0.717) is 13.0 Å². The number of benzene rings is 2. The Morgan fingerprint density at radius 2 is 1.89 bits per heavy atom. The fourth-order valence-corrected chi connectivity index (χ4v) is 4.24. The molecule has 0 aliphatic carbocycles. The van der Waals surface area contributed by atoms with Gasteiger partial charge in [0, 0.05) is 25.2 Å². The van der Waals surface area contributed by atoms with Gasteiger partial charge in [-0.05, 0) is 55.7 Å². The quantitative estimate of drug-likeness (QED) is 0.740. The number of rotatable bonds is 7. The SMILES string of the molecule is Cc1ccccc1OCCNS(=O)(=O)c1ccc(N2CCCC2=O)c(C)c1. The van der Waals surface area contributed by atoms with Crippen LogP contribution in [0.4, 0.5) is 5.69 Å². The molecule has 1 aliphatic heterocycles. The van der Waals surface area contributed by atoms with Crippen molar-refractivity contribution < 1.29 is 17.9 Å². The lowest BCUT2D eigenvalue weighted by molar-refractivity contribution is -0.117. The molecule has 1 heterocycles. The molecule has 0 saturated carbocycles. The van der Waals surface area contributed by atoms with Gasteiger partial charge in [-0.1, -0.05) is 18.2 Å². The van der Waals surface area contributed by atoms with Crippen molar-refractivity contribution >= 4 is 21.6 Å². The van der Waals surface area contributed by atoms with Gasteiger partial charge in [0.15, 0.2) is 0 Å². The van der Waals surface area contributed by atoms with Crippen LogP contribution in [0.25, 0.3) is 0 Å². The maximum Gasteiger partial charge on any atom is 0.240 e. The number of carbonyl (C=O) groups is 1. The highest BCUT2D eigenvalue weighted by Gasteiger charge is 2.24. The molecule has 1 fully saturated rings. The van der Waals surface area contributed by atoms with E-state index in [9.17, 15) is 13.2 Å². The minimum atomic E-state index is -3.63. The van der Waals surface area contributed by atoms with E-state index in [0.717, 1.165) is 29.0 Å². The minimum Gasteiger partial charge on any atom is -0.492 e. The third-order valence-electron chi connectivity index (χ3n) is 4.59. The van der Waals surface area contributed by atoms with Crippen molar-refractivity contribution in [1.29, 1.82) is 0 Å². The van der Waals surface area contributed by atoms with Crippen molar-refractivity contribution in [3.05, 3.63) is 53.6 Å². The lowest BCUT2D eigenvalue weighted by Gasteiger charge is -2.19. The number of ether oxygens (including phenoxy) is 1. The van der Waals surface area contributed by atoms with Gasteiger partial charge >= 0.3 is 0 Å². The second kappa shape index (κ2) is 8.10. The molecule has 27 heavy (non-hydrogen) atoms. The predicted molar refractivity (Wildman–Crippen MR) is 105 cm³/mol. The van der Waals surface area contributed by atoms with Gasteiger partial charge in [0.1, 0.15) is 12.4 Å². The van der Waals surface area contributed by atoms with Gasteiger partial charge in [-0.25, -0.2) is 13.1 Å². The highest BCUT2D eigenvalue weighted by Crippen LogP contribution is 2.27. The standard InChI is InChI=1S/C20H24N2O4S/c1-15-6-3-4-7-19(15)26-13-11-21-27(24,25)17-9-10-18(16(2)14-17)22-12-5-8-20(22)23/h3-4,6-7,9-10,14,21H,5,8,11-13H2,1-2H3. The van der Waals surface area contributed by atoms with Crippen molar-refractivity contribution in [2.45, 2.75) is 31.6 Å². The number of hydrogen-bond donors (Lipinski definition) is 1. The van der Waals surface area contributed by atoms with Gasteiger partial charge in [-0.15, -0.1) is 0 Å². The molecule has 0 spiro atoms. The fraction of sp³-hybridized carbons (Fsp3) is 0.350. The van der Waals surface area contributed by atoms with Crippen molar-refractivity contribution in [3.8, 4) is 5.75 Å². The molecule has 7 heteroatoms. The number of amides is 1. The minimum absolute atomic E-state index is 0.0835. The maximum atomic E-state index is 12.5. The normalized spacial score (nSPS) is 14.6. The molecule has 1 aliphatic rings. The third-order valence-corrected chi connectivity index (χ3v) is 6.05. The molecule has 1 amide bonds. The Morgan fingerprint density at radius 3 is 2.56 bits per heavy atom. The summed E-state index contributed by atoms with van der Waals surface area (Å²) >= 11 is 0. The monoisotopic (exact) mass is 388 g/mol. The average molecular weight is 388 g/mol. The lowest BCUT2D eigenvalue weighted by atomic mass is 10.2. The molecular formula is C20H24N2O4S. The zero-order valence-electron chi connectivity index (χ0n) is 15.6. The molecule has 0 unspecified atom stereocenters. The van der Waals surface area contributed by atoms with Crippen LogP contribution in [0.1, 0.15) is 24.0 Å². The van der Waals surface area contributed by atoms with Crippen LogP contribution in [0.5, 0.6) is 5.75 Å². The van der Waals surface area contributed by atoms with Crippen LogP contribution in [0.15, 0.2) is 47.4 Å². The van der Waals surface area contributed by atoms with E-state index < -0.39 is 10.0 Å². The number of anilines is 1. The van der Waals surface area contributed by atoms with E-state index in [-0.39, 0.29) is 24.0 Å². The van der Waals surface area contributed by atoms with Crippen LogP contribution in [0, 0.1) is 13.8 Å². The van der Waals surface area contributed by atoms with Crippen LogP contribution in [-0.2, 0) is 14.8 Å². The summed E-state index contributed by atoms with van der Waals surface area (Å²) in [5.41, 5.74) is 2.55. The summed E-state index contributed by atoms with van der Waals surface area (Å²) in [5.74, 6) is 0.826. The van der Waals surface area contributed by atoms with Crippen LogP contribution < -0.4 is 14.4 Å². The van der Waals surface area contributed by atoms with Gasteiger partial charge in [-0.3, -0.25) is 4.79 Å². The van der Waals surface area contributed by atoms with Crippen molar-refractivity contribution in [1.82, 2.24) is 4.72 Å². The molecule has 0 bridgehead atoms. The average Bonchev–Trinajstić information content (AvgIpc) is 3.06. The Bertz CT molecular complexity index is 941. The second-order valence-corrected chi connectivity index (χ2v) is 8.38. The molecule has 0 radical (unpaired) electrons. The Kier molecular flexibility index (Phi) is 5.82. The Hall–Kier alpha value is -2.38. The summed E-state index contributed by atoms with van der Waals surface area (Å²) in [6, 6.07) is 12.4. The molecule has 3 rings (SSSR count). The first-order chi connectivity index (χ1) is 12.9. The number of sulfonamides is 1. The van der Waals surface area contributed by atoms with E-state index >= 15 is 0 Å². The van der Waals surface area contributed by atoms with E-state index in [1.54, 1.807) is 23.1 Å². The van der Waals surface area contributed by atoms with E-state index in [1.807, 2.05) is 38.1 Å². The van der Waals surface area contributed by atoms with Gasteiger partial charge in [0.25, 0.3) is 0 Å². The molecule has 144 valence electrons. The zero-order chi connectivity index (χ0) is 19.4. The second-order valence-electron chi connectivity index (χ2n) is 6.61. The van der Waals surface area contributed by atoms with Crippen LogP contribution in [0.2, 0.25) is 0 Å². The Morgan fingerprint density at radius 1 is 1.11 bits per heavy atom. The summed E-state index contributed by atoms with van der Waals surface area (Å²) in [7, 11) is -3.63. The fourth-order valence-electron chi connectivity index (χ4n) is 3.14. The molecule has 1 N–H and O–H groups in total. The number of carbonyl (C=O) groups excluding carboxylic acids is 1. The molecule has 2 aromatic rings. The molecule has 6 nitrogen and oxygen atoms in total. The van der Waals surface area contributed by atoms with E-state index in [1.165, 1.54) is 0 Å². The molecule has 0 atom stereocenters. The van der Waals surface area contributed by atoms with Gasteiger partial charge < -0.3 is 9.64 Å². The van der Waals surface area contributed by atoms with E-state index in [2.05, 4.69) is 4.72 Å². The summed E-state index contributed by atoms with van der Waals surface area (Å²) < 4.78 is 33.2. The Labute approximate surface area is 160 Å². The number of para-hydroxylation sites is 1. The number of nitrogens with zero attached hydrogens (tertiary/aromatic N) is 1. The summed E-state index contributed by atoms with van der Waals surface area (Å²) in [4.78, 5) is 13.8. The first-order valence-electron chi connectivity index (χ1n) is 8.97. The molecule has 2 aromatic carbocycles. The number of aryl methyl sites for hydroxylation is 2. The van der Waals surface area contributed by atoms with Gasteiger partial charge in [0.2, 0.25) is 15.9 Å². The molecular weight excluding hydrogens is 364 g/mol. The maximum absolute atomic E-state index is 12.5.